The molecule has 2 aromatic rings. The topological polar surface area (TPSA) is 82.6 Å². The zero-order chi connectivity index (χ0) is 18.4. The van der Waals surface area contributed by atoms with E-state index in [0.29, 0.717) is 39.1 Å². The van der Waals surface area contributed by atoms with Crippen LogP contribution in [0.4, 0.5) is 4.79 Å². The minimum absolute atomic E-state index is 0.169. The lowest BCUT2D eigenvalue weighted by molar-refractivity contribution is 0.172. The number of amides is 2. The molecule has 7 nitrogen and oxygen atoms in total. The highest BCUT2D eigenvalue weighted by atomic mass is 32.2. The van der Waals surface area contributed by atoms with E-state index >= 15 is 0 Å². The molecule has 0 aliphatic carbocycles. The summed E-state index contributed by atoms with van der Waals surface area (Å²) in [5.74, 6) is 0. The molecule has 0 unspecified atom stereocenters. The van der Waals surface area contributed by atoms with Crippen molar-refractivity contribution in [1.29, 1.82) is 0 Å². The van der Waals surface area contributed by atoms with Crippen molar-refractivity contribution in [3.8, 4) is 0 Å². The number of sulfonamides is 1. The molecule has 1 aromatic carbocycles. The molecule has 138 valence electrons. The lowest BCUT2D eigenvalue weighted by Crippen LogP contribution is -2.53. The van der Waals surface area contributed by atoms with Crippen molar-refractivity contribution in [3.05, 3.63) is 60.4 Å². The third kappa shape index (κ3) is 4.39. The summed E-state index contributed by atoms with van der Waals surface area (Å²) < 4.78 is 26.6. The quantitative estimate of drug-likeness (QED) is 0.856. The van der Waals surface area contributed by atoms with E-state index in [1.165, 1.54) is 4.31 Å². The van der Waals surface area contributed by atoms with Crippen LogP contribution >= 0.6 is 0 Å². The molecule has 0 bridgehead atoms. The highest BCUT2D eigenvalue weighted by Crippen LogP contribution is 2.17. The van der Waals surface area contributed by atoms with Crippen LogP contribution in [0.3, 0.4) is 0 Å². The van der Waals surface area contributed by atoms with Crippen LogP contribution in [-0.4, -0.2) is 61.4 Å². The van der Waals surface area contributed by atoms with Gasteiger partial charge in [-0.2, -0.15) is 4.31 Å². The summed E-state index contributed by atoms with van der Waals surface area (Å²) in [6.45, 7) is 1.84. The number of benzene rings is 1. The Hall–Kier alpha value is -2.45. The molecule has 8 heteroatoms. The summed E-state index contributed by atoms with van der Waals surface area (Å²) in [5, 5.41) is 2.87. The smallest absolute Gasteiger partial charge is 0.317 e. The van der Waals surface area contributed by atoms with Crippen molar-refractivity contribution in [2.75, 3.05) is 32.7 Å². The average molecular weight is 374 g/mol. The Morgan fingerprint density at radius 1 is 1.00 bits per heavy atom. The summed E-state index contributed by atoms with van der Waals surface area (Å²) >= 11 is 0. The zero-order valence-electron chi connectivity index (χ0n) is 14.4. The molecule has 3 rings (SSSR count). The number of piperazine rings is 1. The lowest BCUT2D eigenvalue weighted by Gasteiger charge is -2.34. The number of nitrogens with zero attached hydrogens (tertiary/aromatic N) is 3. The molecule has 0 atom stereocenters. The van der Waals surface area contributed by atoms with Gasteiger partial charge in [-0.05, 0) is 24.3 Å². The third-order valence-corrected chi connectivity index (χ3v) is 6.20. The zero-order valence-corrected chi connectivity index (χ0v) is 15.2. The van der Waals surface area contributed by atoms with E-state index in [4.69, 9.17) is 0 Å². The minimum atomic E-state index is -3.50. The number of carbonyl (C=O) groups is 1. The Morgan fingerprint density at radius 3 is 2.35 bits per heavy atom. The molecule has 1 fully saturated rings. The summed E-state index contributed by atoms with van der Waals surface area (Å²) in [4.78, 5) is 18.4. The molecule has 0 spiro atoms. The van der Waals surface area contributed by atoms with Gasteiger partial charge in [0.1, 0.15) is 0 Å². The van der Waals surface area contributed by atoms with Crippen LogP contribution < -0.4 is 5.32 Å². The Balaban J connectivity index is 1.48. The summed E-state index contributed by atoms with van der Waals surface area (Å²) in [7, 11) is -3.50. The molecule has 1 aliphatic heterocycles. The SMILES string of the molecule is O=C(NCCc1ccccn1)N1CCN(S(=O)(=O)c2ccccc2)CC1. The van der Waals surface area contributed by atoms with E-state index in [-0.39, 0.29) is 10.9 Å². The van der Waals surface area contributed by atoms with Crippen molar-refractivity contribution in [2.45, 2.75) is 11.3 Å². The minimum Gasteiger partial charge on any atom is -0.338 e. The summed E-state index contributed by atoms with van der Waals surface area (Å²) in [6.07, 6.45) is 2.39. The van der Waals surface area contributed by atoms with Crippen molar-refractivity contribution >= 4 is 16.1 Å². The number of rotatable bonds is 5. The second-order valence-electron chi connectivity index (χ2n) is 6.01. The fraction of sp³-hybridized carbons (Fsp3) is 0.333. The van der Waals surface area contributed by atoms with Gasteiger partial charge < -0.3 is 10.2 Å². The molecular formula is C18H22N4O3S. The molecule has 1 aromatic heterocycles. The van der Waals surface area contributed by atoms with Gasteiger partial charge in [0.15, 0.2) is 0 Å². The Labute approximate surface area is 153 Å². The van der Waals surface area contributed by atoms with Gasteiger partial charge in [-0.1, -0.05) is 24.3 Å². The first kappa shape index (κ1) is 18.3. The van der Waals surface area contributed by atoms with E-state index in [1.54, 1.807) is 41.4 Å². The van der Waals surface area contributed by atoms with Crippen LogP contribution in [0.5, 0.6) is 0 Å². The van der Waals surface area contributed by atoms with Gasteiger partial charge in [-0.3, -0.25) is 4.98 Å². The number of hydrogen-bond donors (Lipinski definition) is 1. The third-order valence-electron chi connectivity index (χ3n) is 4.29. The maximum Gasteiger partial charge on any atom is 0.317 e. The van der Waals surface area contributed by atoms with Crippen molar-refractivity contribution < 1.29 is 13.2 Å². The van der Waals surface area contributed by atoms with Gasteiger partial charge in [0, 0.05) is 51.0 Å². The molecule has 2 heterocycles. The van der Waals surface area contributed by atoms with Crippen molar-refractivity contribution in [1.82, 2.24) is 19.5 Å². The van der Waals surface area contributed by atoms with Crippen LogP contribution in [0.2, 0.25) is 0 Å². The van der Waals surface area contributed by atoms with Crippen LogP contribution in [0.15, 0.2) is 59.6 Å². The van der Waals surface area contributed by atoms with Crippen LogP contribution in [0.25, 0.3) is 0 Å². The van der Waals surface area contributed by atoms with Gasteiger partial charge in [0.2, 0.25) is 10.0 Å². The van der Waals surface area contributed by atoms with E-state index in [0.717, 1.165) is 5.69 Å². The maximum atomic E-state index is 12.6. The number of hydrogen-bond acceptors (Lipinski definition) is 4. The normalized spacial score (nSPS) is 15.6. The Kier molecular flexibility index (Phi) is 5.85. The first-order valence-corrected chi connectivity index (χ1v) is 9.99. The number of nitrogens with one attached hydrogen (secondary N) is 1. The van der Waals surface area contributed by atoms with Crippen LogP contribution in [0, 0.1) is 0 Å². The molecule has 2 amide bonds. The number of aromatic nitrogens is 1. The van der Waals surface area contributed by atoms with Gasteiger partial charge in [0.05, 0.1) is 4.90 Å². The highest BCUT2D eigenvalue weighted by molar-refractivity contribution is 7.89. The lowest BCUT2D eigenvalue weighted by atomic mass is 10.3. The van der Waals surface area contributed by atoms with Gasteiger partial charge in [0.25, 0.3) is 0 Å². The number of carbonyl (C=O) groups excluding carboxylic acids is 1. The predicted octanol–water partition coefficient (Wildman–Crippen LogP) is 1.34. The molecule has 1 N–H and O–H groups in total. The molecule has 1 aliphatic rings. The first-order chi connectivity index (χ1) is 12.6. The standard InChI is InChI=1S/C18H22N4O3S/c23-18(20-11-9-16-6-4-5-10-19-16)21-12-14-22(15-13-21)26(24,25)17-7-2-1-3-8-17/h1-8,10H,9,11-15H2,(H,20,23). The van der Waals surface area contributed by atoms with Crippen LogP contribution in [0.1, 0.15) is 5.69 Å². The predicted molar refractivity (Wildman–Crippen MR) is 98.1 cm³/mol. The number of pyridine rings is 1. The van der Waals surface area contributed by atoms with Gasteiger partial charge >= 0.3 is 6.03 Å². The van der Waals surface area contributed by atoms with Crippen molar-refractivity contribution in [2.24, 2.45) is 0 Å². The van der Waals surface area contributed by atoms with Gasteiger partial charge in [-0.15, -0.1) is 0 Å². The molecule has 26 heavy (non-hydrogen) atoms. The highest BCUT2D eigenvalue weighted by Gasteiger charge is 2.29. The molecule has 0 radical (unpaired) electrons. The van der Waals surface area contributed by atoms with Crippen molar-refractivity contribution in [3.63, 3.8) is 0 Å². The van der Waals surface area contributed by atoms with Gasteiger partial charge in [-0.25, -0.2) is 13.2 Å². The Morgan fingerprint density at radius 2 is 1.69 bits per heavy atom. The maximum absolute atomic E-state index is 12.6. The molecule has 1 saturated heterocycles. The molecular weight excluding hydrogens is 352 g/mol. The second kappa shape index (κ2) is 8.29. The first-order valence-electron chi connectivity index (χ1n) is 8.55. The Bertz CT molecular complexity index is 820. The van der Waals surface area contributed by atoms with E-state index in [2.05, 4.69) is 10.3 Å². The van der Waals surface area contributed by atoms with E-state index < -0.39 is 10.0 Å². The van der Waals surface area contributed by atoms with E-state index in [9.17, 15) is 13.2 Å². The largest absolute Gasteiger partial charge is 0.338 e. The fourth-order valence-corrected chi connectivity index (χ4v) is 4.27. The van der Waals surface area contributed by atoms with Crippen LogP contribution in [-0.2, 0) is 16.4 Å². The monoisotopic (exact) mass is 374 g/mol. The van der Waals surface area contributed by atoms with E-state index in [1.807, 2.05) is 18.2 Å². The summed E-state index contributed by atoms with van der Waals surface area (Å²) in [6, 6.07) is 13.9. The summed E-state index contributed by atoms with van der Waals surface area (Å²) in [5.41, 5.74) is 0.923. The average Bonchev–Trinajstić information content (AvgIpc) is 2.69. The number of urea groups is 1. The fourth-order valence-electron chi connectivity index (χ4n) is 2.83. The second-order valence-corrected chi connectivity index (χ2v) is 7.95. The molecule has 0 saturated carbocycles.